The standard InChI is InChI=1S/C41H50F2N8O3/c1-5-29(3)30(4)39(6-2)51-40(52)50(28-46-51)35-10-8-33(9-11-35)47-17-19-48(20-18-47)34-12-14-36(15-13-34)53-23-31-22-41(54-24-31,25-49-27-44-26-45-49)37-16-7-32(42)21-38(37)43/h7-16,21,26-31,39H,5-6,17-20,22-25H2,1-4H3/t29-,30+,31-,39-,41?/m0/s1. The summed E-state index contributed by atoms with van der Waals surface area (Å²) in [5, 5.41) is 8.72. The Labute approximate surface area is 315 Å². The molecule has 0 radical (unpaired) electrons. The predicted octanol–water partition coefficient (Wildman–Crippen LogP) is 6.87. The minimum absolute atomic E-state index is 0.00448. The third kappa shape index (κ3) is 7.77. The van der Waals surface area contributed by atoms with Crippen molar-refractivity contribution in [3.8, 4) is 11.4 Å². The van der Waals surface area contributed by atoms with E-state index in [4.69, 9.17) is 9.47 Å². The van der Waals surface area contributed by atoms with Crippen LogP contribution in [0.4, 0.5) is 20.2 Å². The van der Waals surface area contributed by atoms with E-state index in [9.17, 15) is 13.6 Å². The molecule has 2 aliphatic heterocycles. The van der Waals surface area contributed by atoms with Gasteiger partial charge in [-0.3, -0.25) is 0 Å². The lowest BCUT2D eigenvalue weighted by Crippen LogP contribution is -2.46. The quantitative estimate of drug-likeness (QED) is 0.122. The molecule has 0 amide bonds. The van der Waals surface area contributed by atoms with Gasteiger partial charge in [0.05, 0.1) is 31.5 Å². The van der Waals surface area contributed by atoms with E-state index in [2.05, 4.69) is 76.9 Å². The van der Waals surface area contributed by atoms with Gasteiger partial charge in [0.15, 0.2) is 0 Å². The van der Waals surface area contributed by atoms with E-state index < -0.39 is 17.2 Å². The highest BCUT2D eigenvalue weighted by molar-refractivity contribution is 5.54. The average molecular weight is 741 g/mol. The molecule has 11 nitrogen and oxygen atoms in total. The SMILES string of the molecule is CC[C@H](C)[C@@H](C)[C@H](CC)n1ncn(-c2ccc(N3CCN(c4ccc(OC[C@H]5COC(Cn6cncn6)(c6ccc(F)cc6F)C5)cc4)CC3)cc2)c1=O. The smallest absolute Gasteiger partial charge is 0.350 e. The first-order valence-electron chi connectivity index (χ1n) is 19.1. The second-order valence-corrected chi connectivity index (χ2v) is 14.8. The lowest BCUT2D eigenvalue weighted by Gasteiger charge is -2.37. The highest BCUT2D eigenvalue weighted by Crippen LogP contribution is 2.42. The molecule has 2 aliphatic rings. The van der Waals surface area contributed by atoms with Crippen LogP contribution >= 0.6 is 0 Å². The minimum Gasteiger partial charge on any atom is -0.493 e. The molecule has 3 aromatic carbocycles. The second kappa shape index (κ2) is 16.1. The number of halogens is 2. The third-order valence-corrected chi connectivity index (χ3v) is 11.6. The molecule has 0 N–H and O–H groups in total. The zero-order valence-electron chi connectivity index (χ0n) is 31.5. The van der Waals surface area contributed by atoms with Crippen molar-refractivity contribution in [2.24, 2.45) is 17.8 Å². The van der Waals surface area contributed by atoms with Crippen molar-refractivity contribution < 1.29 is 18.3 Å². The number of rotatable bonds is 14. The van der Waals surface area contributed by atoms with Crippen molar-refractivity contribution in [3.63, 3.8) is 0 Å². The zero-order valence-corrected chi connectivity index (χ0v) is 31.5. The fraction of sp³-hybridized carbons (Fsp3) is 0.463. The second-order valence-electron chi connectivity index (χ2n) is 14.8. The van der Waals surface area contributed by atoms with Crippen LogP contribution < -0.4 is 20.2 Å². The van der Waals surface area contributed by atoms with Crippen molar-refractivity contribution >= 4 is 11.4 Å². The normalized spacial score (nSPS) is 20.6. The largest absolute Gasteiger partial charge is 0.493 e. The number of hydrogen-bond acceptors (Lipinski definition) is 8. The first kappa shape index (κ1) is 37.3. The van der Waals surface area contributed by atoms with Crippen molar-refractivity contribution in [2.45, 2.75) is 65.1 Å². The molecule has 4 heterocycles. The van der Waals surface area contributed by atoms with Crippen LogP contribution in [0.25, 0.3) is 5.69 Å². The molecular weight excluding hydrogens is 691 g/mol. The Morgan fingerprint density at radius 2 is 1.54 bits per heavy atom. The Morgan fingerprint density at radius 3 is 2.15 bits per heavy atom. The fourth-order valence-electron chi connectivity index (χ4n) is 8.04. The van der Waals surface area contributed by atoms with Crippen molar-refractivity contribution in [2.75, 3.05) is 49.2 Å². The summed E-state index contributed by atoms with van der Waals surface area (Å²) < 4.78 is 46.1. The van der Waals surface area contributed by atoms with Gasteiger partial charge in [-0.25, -0.2) is 32.5 Å². The Balaban J connectivity index is 0.920. The maximum absolute atomic E-state index is 15.0. The lowest BCUT2D eigenvalue weighted by molar-refractivity contribution is -0.0206. The van der Waals surface area contributed by atoms with Gasteiger partial charge in [0.2, 0.25) is 0 Å². The van der Waals surface area contributed by atoms with Crippen LogP contribution in [0.2, 0.25) is 0 Å². The number of benzene rings is 3. The van der Waals surface area contributed by atoms with E-state index in [1.165, 1.54) is 18.5 Å². The van der Waals surface area contributed by atoms with Gasteiger partial charge < -0.3 is 19.3 Å². The maximum Gasteiger partial charge on any atom is 0.350 e. The summed E-state index contributed by atoms with van der Waals surface area (Å²) in [5.41, 5.74) is 2.27. The molecule has 2 aromatic heterocycles. The number of aromatic nitrogens is 6. The van der Waals surface area contributed by atoms with Gasteiger partial charge >= 0.3 is 5.69 Å². The Hall–Kier alpha value is -5.04. The highest BCUT2D eigenvalue weighted by atomic mass is 19.1. The molecule has 5 aromatic rings. The Bertz CT molecular complexity index is 2030. The molecule has 7 rings (SSSR count). The molecule has 1 unspecified atom stereocenters. The summed E-state index contributed by atoms with van der Waals surface area (Å²) in [7, 11) is 0. The van der Waals surface area contributed by atoms with E-state index in [0.717, 1.165) is 67.9 Å². The van der Waals surface area contributed by atoms with E-state index in [1.807, 2.05) is 24.3 Å². The third-order valence-electron chi connectivity index (χ3n) is 11.6. The van der Waals surface area contributed by atoms with Crippen molar-refractivity contribution in [1.82, 2.24) is 29.1 Å². The molecule has 0 bridgehead atoms. The van der Waals surface area contributed by atoms with Crippen LogP contribution in [0, 0.1) is 29.4 Å². The number of nitrogens with zero attached hydrogens (tertiary/aromatic N) is 8. The number of anilines is 2. The molecular formula is C41H50F2N8O3. The Morgan fingerprint density at radius 1 is 0.870 bits per heavy atom. The molecule has 0 aliphatic carbocycles. The minimum atomic E-state index is -1.01. The first-order chi connectivity index (χ1) is 26.2. The molecule has 0 saturated carbocycles. The number of hydrogen-bond donors (Lipinski definition) is 0. The molecule has 13 heteroatoms. The molecule has 2 saturated heterocycles. The van der Waals surface area contributed by atoms with Gasteiger partial charge in [-0.2, -0.15) is 10.2 Å². The van der Waals surface area contributed by atoms with E-state index in [-0.39, 0.29) is 24.2 Å². The lowest BCUT2D eigenvalue weighted by atomic mass is 9.86. The number of ether oxygens (including phenoxy) is 2. The zero-order chi connectivity index (χ0) is 37.8. The molecule has 54 heavy (non-hydrogen) atoms. The summed E-state index contributed by atoms with van der Waals surface area (Å²) in [6.45, 7) is 13.3. The average Bonchev–Trinajstić information content (AvgIpc) is 3.96. The molecule has 5 atom stereocenters. The summed E-state index contributed by atoms with van der Waals surface area (Å²) >= 11 is 0. The van der Waals surface area contributed by atoms with Crippen LogP contribution in [0.3, 0.4) is 0 Å². The van der Waals surface area contributed by atoms with E-state index in [1.54, 1.807) is 26.6 Å². The molecule has 286 valence electrons. The topological polar surface area (TPSA) is 95.5 Å². The van der Waals surface area contributed by atoms with Crippen LogP contribution in [-0.2, 0) is 16.9 Å². The van der Waals surface area contributed by atoms with Crippen molar-refractivity contribution in [3.05, 3.63) is 113 Å². The van der Waals surface area contributed by atoms with Crippen molar-refractivity contribution in [1.29, 1.82) is 0 Å². The van der Waals surface area contributed by atoms with Gasteiger partial charge in [0, 0.05) is 55.1 Å². The monoisotopic (exact) mass is 740 g/mol. The highest BCUT2D eigenvalue weighted by Gasteiger charge is 2.44. The van der Waals surface area contributed by atoms with Gasteiger partial charge in [-0.1, -0.05) is 40.2 Å². The summed E-state index contributed by atoms with van der Waals surface area (Å²) in [4.78, 5) is 22.2. The maximum atomic E-state index is 15.0. The van der Waals surface area contributed by atoms with Crippen LogP contribution in [-0.4, -0.2) is 68.5 Å². The van der Waals surface area contributed by atoms with Gasteiger partial charge in [0.25, 0.3) is 0 Å². The van der Waals surface area contributed by atoms with Crippen LogP contribution in [0.1, 0.15) is 58.6 Å². The van der Waals surface area contributed by atoms with Crippen LogP contribution in [0.15, 0.2) is 90.5 Å². The summed E-state index contributed by atoms with van der Waals surface area (Å²) in [6, 6.07) is 20.0. The summed E-state index contributed by atoms with van der Waals surface area (Å²) in [5.74, 6) is 0.336. The van der Waals surface area contributed by atoms with Gasteiger partial charge in [-0.05, 0) is 79.3 Å². The first-order valence-corrected chi connectivity index (χ1v) is 19.1. The van der Waals surface area contributed by atoms with Gasteiger partial charge in [0.1, 0.15) is 42.0 Å². The molecule has 0 spiro atoms. The Kier molecular flexibility index (Phi) is 11.1. The number of piperazine rings is 1. The van der Waals surface area contributed by atoms with Gasteiger partial charge in [-0.15, -0.1) is 0 Å². The van der Waals surface area contributed by atoms with Crippen LogP contribution in [0.5, 0.6) is 5.75 Å². The predicted molar refractivity (Wildman–Crippen MR) is 204 cm³/mol. The molecule has 2 fully saturated rings. The van der Waals surface area contributed by atoms with E-state index in [0.29, 0.717) is 37.0 Å². The fourth-order valence-corrected chi connectivity index (χ4v) is 8.04. The summed E-state index contributed by atoms with van der Waals surface area (Å²) in [6.07, 6.45) is 7.05. The van der Waals surface area contributed by atoms with E-state index >= 15 is 0 Å².